The molecule has 0 saturated heterocycles. The summed E-state index contributed by atoms with van der Waals surface area (Å²) in [4.78, 5) is 2.11. The summed E-state index contributed by atoms with van der Waals surface area (Å²) in [6.45, 7) is 0. The molecule has 3 heteroatoms. The molecule has 1 heterocycles. The summed E-state index contributed by atoms with van der Waals surface area (Å²) < 4.78 is 21.6. The van der Waals surface area contributed by atoms with Gasteiger partial charge < -0.3 is 4.74 Å². The number of rotatable bonds is 2. The third kappa shape index (κ3) is 3.62. The van der Waals surface area contributed by atoms with Crippen LogP contribution in [0.5, 0.6) is 11.5 Å². The van der Waals surface area contributed by atoms with Gasteiger partial charge in [0.2, 0.25) is 0 Å². The minimum atomic E-state index is -0.271. The van der Waals surface area contributed by atoms with Gasteiger partial charge in [-0.05, 0) is 91.5 Å². The topological polar surface area (TPSA) is 9.23 Å². The second kappa shape index (κ2) is 8.72. The molecule has 0 amide bonds. The first-order valence-corrected chi connectivity index (χ1v) is 13.8. The van der Waals surface area contributed by atoms with Gasteiger partial charge in [0.25, 0.3) is 0 Å². The summed E-state index contributed by atoms with van der Waals surface area (Å²) in [6.07, 6.45) is 0. The predicted octanol–water partition coefficient (Wildman–Crippen LogP) is 10.9. The number of para-hydroxylation sites is 2. The molecule has 1 aliphatic rings. The van der Waals surface area contributed by atoms with E-state index in [2.05, 4.69) is 84.9 Å². The van der Waals surface area contributed by atoms with Crippen LogP contribution in [0.2, 0.25) is 0 Å². The zero-order valence-electron chi connectivity index (χ0n) is 20.8. The Morgan fingerprint density at radius 3 is 1.85 bits per heavy atom. The fourth-order valence-electron chi connectivity index (χ4n) is 5.78. The number of fused-ring (bicyclic) bond motifs is 8. The first-order valence-electron chi connectivity index (χ1n) is 13.0. The molecular formula is C36H21FOS. The molecule has 0 fully saturated rings. The Balaban J connectivity index is 1.31. The van der Waals surface area contributed by atoms with Gasteiger partial charge in [0.1, 0.15) is 17.3 Å². The van der Waals surface area contributed by atoms with Crippen LogP contribution in [0.25, 0.3) is 54.6 Å². The molecule has 184 valence electrons. The number of ether oxygens (including phenoxy) is 1. The molecule has 0 saturated carbocycles. The summed E-state index contributed by atoms with van der Waals surface area (Å²) in [6, 6.07) is 42.9. The van der Waals surface area contributed by atoms with Crippen molar-refractivity contribution in [3.63, 3.8) is 0 Å². The molecule has 8 rings (SSSR count). The lowest BCUT2D eigenvalue weighted by Gasteiger charge is -2.22. The van der Waals surface area contributed by atoms with Crippen molar-refractivity contribution in [2.24, 2.45) is 0 Å². The van der Waals surface area contributed by atoms with Crippen LogP contribution in [0.15, 0.2) is 137 Å². The summed E-state index contributed by atoms with van der Waals surface area (Å²) >= 11 is 1.68. The Morgan fingerprint density at radius 2 is 1.08 bits per heavy atom. The fourth-order valence-corrected chi connectivity index (χ4v) is 6.76. The van der Waals surface area contributed by atoms with Gasteiger partial charge in [0, 0.05) is 5.56 Å². The third-order valence-electron chi connectivity index (χ3n) is 7.55. The highest BCUT2D eigenvalue weighted by molar-refractivity contribution is 7.99. The summed E-state index contributed by atoms with van der Waals surface area (Å²) in [5.41, 5.74) is 3.50. The van der Waals surface area contributed by atoms with Crippen LogP contribution in [0.1, 0.15) is 0 Å². The first kappa shape index (κ1) is 22.4. The number of hydrogen-bond acceptors (Lipinski definition) is 2. The van der Waals surface area contributed by atoms with Crippen LogP contribution in [-0.4, -0.2) is 0 Å². The van der Waals surface area contributed by atoms with Crippen LogP contribution in [-0.2, 0) is 0 Å². The van der Waals surface area contributed by atoms with E-state index in [9.17, 15) is 0 Å². The van der Waals surface area contributed by atoms with Gasteiger partial charge in [-0.15, -0.1) is 0 Å². The molecule has 0 radical (unpaired) electrons. The molecule has 0 unspecified atom stereocenters. The normalized spacial score (nSPS) is 12.3. The van der Waals surface area contributed by atoms with Crippen molar-refractivity contribution in [2.45, 2.75) is 9.79 Å². The monoisotopic (exact) mass is 520 g/mol. The summed E-state index contributed by atoms with van der Waals surface area (Å²) in [5, 5.41) is 7.26. The number of benzene rings is 7. The minimum Gasteiger partial charge on any atom is -0.454 e. The SMILES string of the molecule is Fc1cc(-c2ccc3c4ccccc4c4ccccc4c3c2)cc(-c2cccc3c2Oc2ccccc2S3)c1. The molecule has 1 nitrogen and oxygen atoms in total. The van der Waals surface area contributed by atoms with Crippen molar-refractivity contribution in [2.75, 3.05) is 0 Å². The van der Waals surface area contributed by atoms with Crippen molar-refractivity contribution in [1.29, 1.82) is 0 Å². The second-order valence-electron chi connectivity index (χ2n) is 9.86. The summed E-state index contributed by atoms with van der Waals surface area (Å²) in [7, 11) is 0. The van der Waals surface area contributed by atoms with Crippen molar-refractivity contribution < 1.29 is 9.13 Å². The smallest absolute Gasteiger partial charge is 0.149 e. The Kier molecular flexibility index (Phi) is 5.01. The van der Waals surface area contributed by atoms with E-state index in [1.54, 1.807) is 23.9 Å². The van der Waals surface area contributed by atoms with Gasteiger partial charge in [0.15, 0.2) is 0 Å². The van der Waals surface area contributed by atoms with E-state index in [1.165, 1.54) is 32.3 Å². The maximum absolute atomic E-state index is 15.2. The highest BCUT2D eigenvalue weighted by Crippen LogP contribution is 2.51. The van der Waals surface area contributed by atoms with E-state index in [4.69, 9.17) is 4.74 Å². The third-order valence-corrected chi connectivity index (χ3v) is 8.64. The predicted molar refractivity (Wildman–Crippen MR) is 160 cm³/mol. The number of halogens is 1. The average Bonchev–Trinajstić information content (AvgIpc) is 2.99. The standard InChI is InChI=1S/C36H21FOS/c37-25-19-23(18-24(20-25)26-12-7-15-35-36(26)38-33-13-5-6-14-34(33)39-35)22-16-17-31-29-10-2-1-8-27(29)28-9-3-4-11-30(28)32(31)21-22/h1-21H. The van der Waals surface area contributed by atoms with Crippen molar-refractivity contribution in [3.05, 3.63) is 133 Å². The lowest BCUT2D eigenvalue weighted by atomic mass is 9.91. The largest absolute Gasteiger partial charge is 0.454 e. The zero-order valence-corrected chi connectivity index (χ0v) is 21.6. The van der Waals surface area contributed by atoms with Crippen LogP contribution in [0, 0.1) is 5.82 Å². The van der Waals surface area contributed by atoms with E-state index in [0.717, 1.165) is 43.5 Å². The van der Waals surface area contributed by atoms with Gasteiger partial charge in [0.05, 0.1) is 9.79 Å². The van der Waals surface area contributed by atoms with Gasteiger partial charge in [-0.3, -0.25) is 0 Å². The molecule has 0 aliphatic carbocycles. The molecule has 0 atom stereocenters. The molecule has 1 aliphatic heterocycles. The molecule has 0 N–H and O–H groups in total. The van der Waals surface area contributed by atoms with E-state index in [0.29, 0.717) is 0 Å². The summed E-state index contributed by atoms with van der Waals surface area (Å²) in [5.74, 6) is 1.33. The highest BCUT2D eigenvalue weighted by atomic mass is 32.2. The van der Waals surface area contributed by atoms with Gasteiger partial charge in [-0.25, -0.2) is 4.39 Å². The van der Waals surface area contributed by atoms with Gasteiger partial charge >= 0.3 is 0 Å². The van der Waals surface area contributed by atoms with Crippen molar-refractivity contribution in [1.82, 2.24) is 0 Å². The van der Waals surface area contributed by atoms with Crippen LogP contribution >= 0.6 is 11.8 Å². The Labute approximate surface area is 229 Å². The van der Waals surface area contributed by atoms with Crippen molar-refractivity contribution >= 4 is 44.1 Å². The minimum absolute atomic E-state index is 0.271. The first-order chi connectivity index (χ1) is 19.2. The molecule has 7 aromatic rings. The zero-order chi connectivity index (χ0) is 25.9. The van der Waals surface area contributed by atoms with E-state index in [-0.39, 0.29) is 5.82 Å². The van der Waals surface area contributed by atoms with E-state index < -0.39 is 0 Å². The maximum Gasteiger partial charge on any atom is 0.149 e. The van der Waals surface area contributed by atoms with Crippen molar-refractivity contribution in [3.8, 4) is 33.8 Å². The van der Waals surface area contributed by atoms with Crippen LogP contribution in [0.4, 0.5) is 4.39 Å². The lowest BCUT2D eigenvalue weighted by Crippen LogP contribution is -1.97. The maximum atomic E-state index is 15.2. The number of hydrogen-bond donors (Lipinski definition) is 0. The highest BCUT2D eigenvalue weighted by Gasteiger charge is 2.21. The van der Waals surface area contributed by atoms with E-state index in [1.807, 2.05) is 30.3 Å². The molecule has 7 aromatic carbocycles. The van der Waals surface area contributed by atoms with Gasteiger partial charge in [-0.2, -0.15) is 0 Å². The molecule has 0 aromatic heterocycles. The lowest BCUT2D eigenvalue weighted by molar-refractivity contribution is 0.456. The second-order valence-corrected chi connectivity index (χ2v) is 10.9. The average molecular weight is 521 g/mol. The van der Waals surface area contributed by atoms with Crippen LogP contribution in [0.3, 0.4) is 0 Å². The Hall–Kier alpha value is -4.60. The van der Waals surface area contributed by atoms with Crippen LogP contribution < -0.4 is 4.74 Å². The Morgan fingerprint density at radius 1 is 0.462 bits per heavy atom. The van der Waals surface area contributed by atoms with E-state index >= 15 is 4.39 Å². The molecule has 0 bridgehead atoms. The molecular weight excluding hydrogens is 499 g/mol. The molecule has 39 heavy (non-hydrogen) atoms. The Bertz CT molecular complexity index is 2060. The van der Waals surface area contributed by atoms with Gasteiger partial charge in [-0.1, -0.05) is 96.7 Å². The fraction of sp³-hybridized carbons (Fsp3) is 0. The quantitative estimate of drug-likeness (QED) is 0.210. The molecule has 0 spiro atoms.